The predicted octanol–water partition coefficient (Wildman–Crippen LogP) is 5.48. The van der Waals surface area contributed by atoms with Gasteiger partial charge in [0, 0.05) is 23.5 Å². The number of fused-ring (bicyclic) bond motifs is 1. The van der Waals surface area contributed by atoms with Crippen LogP contribution in [0.4, 0.5) is 0 Å². The van der Waals surface area contributed by atoms with Gasteiger partial charge >= 0.3 is 0 Å². The molecule has 1 aliphatic heterocycles. The van der Waals surface area contributed by atoms with Gasteiger partial charge in [0.05, 0.1) is 6.04 Å². The SMILES string of the molecule is Cc1ccc(C2c3ccsc3CCN2C(=O)CN(C(=O)C=Cc2ccccc2)C(C)C)cc1. The van der Waals surface area contributed by atoms with Crippen LogP contribution in [0.3, 0.4) is 0 Å². The van der Waals surface area contributed by atoms with E-state index in [1.54, 1.807) is 28.4 Å². The number of benzene rings is 2. The van der Waals surface area contributed by atoms with Gasteiger partial charge in [-0.3, -0.25) is 9.59 Å². The Morgan fingerprint density at radius 3 is 2.52 bits per heavy atom. The number of hydrogen-bond donors (Lipinski definition) is 0. The van der Waals surface area contributed by atoms with Gasteiger partial charge in [0.2, 0.25) is 11.8 Å². The van der Waals surface area contributed by atoms with Crippen molar-refractivity contribution in [2.24, 2.45) is 0 Å². The highest BCUT2D eigenvalue weighted by Crippen LogP contribution is 2.38. The molecule has 0 N–H and O–H groups in total. The van der Waals surface area contributed by atoms with Crippen LogP contribution in [0.5, 0.6) is 0 Å². The van der Waals surface area contributed by atoms with E-state index in [0.717, 1.165) is 17.5 Å². The first-order chi connectivity index (χ1) is 15.9. The third-order valence-electron chi connectivity index (χ3n) is 6.11. The van der Waals surface area contributed by atoms with Gasteiger partial charge in [-0.15, -0.1) is 11.3 Å². The summed E-state index contributed by atoms with van der Waals surface area (Å²) < 4.78 is 0. The third kappa shape index (κ3) is 5.25. The molecule has 33 heavy (non-hydrogen) atoms. The summed E-state index contributed by atoms with van der Waals surface area (Å²) in [5.74, 6) is -0.171. The molecule has 3 aromatic rings. The van der Waals surface area contributed by atoms with Crippen LogP contribution in [0.15, 0.2) is 72.1 Å². The van der Waals surface area contributed by atoms with Gasteiger partial charge in [-0.1, -0.05) is 60.2 Å². The second kappa shape index (κ2) is 10.2. The summed E-state index contributed by atoms with van der Waals surface area (Å²) in [7, 11) is 0. The number of aryl methyl sites for hydroxylation is 1. The molecule has 2 aromatic carbocycles. The molecule has 0 bridgehead atoms. The molecular weight excluding hydrogens is 428 g/mol. The van der Waals surface area contributed by atoms with Crippen LogP contribution in [0.25, 0.3) is 6.08 Å². The lowest BCUT2D eigenvalue weighted by Gasteiger charge is -2.38. The molecular formula is C28H30N2O2S. The van der Waals surface area contributed by atoms with Gasteiger partial charge in [-0.25, -0.2) is 0 Å². The summed E-state index contributed by atoms with van der Waals surface area (Å²) >= 11 is 1.76. The highest BCUT2D eigenvalue weighted by Gasteiger charge is 2.34. The van der Waals surface area contributed by atoms with Gasteiger partial charge in [0.1, 0.15) is 6.54 Å². The third-order valence-corrected chi connectivity index (χ3v) is 7.11. The molecule has 1 aliphatic rings. The van der Waals surface area contributed by atoms with Crippen LogP contribution in [0, 0.1) is 6.92 Å². The lowest BCUT2D eigenvalue weighted by Crippen LogP contribution is -2.48. The lowest BCUT2D eigenvalue weighted by atomic mass is 9.92. The maximum atomic E-state index is 13.6. The van der Waals surface area contributed by atoms with E-state index in [2.05, 4.69) is 42.6 Å². The van der Waals surface area contributed by atoms with Crippen LogP contribution in [0.1, 0.15) is 47.0 Å². The van der Waals surface area contributed by atoms with Crippen LogP contribution in [0.2, 0.25) is 0 Å². The Labute approximate surface area is 200 Å². The fraction of sp³-hybridized carbons (Fsp3) is 0.286. The number of thiophene rings is 1. The molecule has 0 fully saturated rings. The van der Waals surface area contributed by atoms with Crippen molar-refractivity contribution in [3.8, 4) is 0 Å². The number of carbonyl (C=O) groups excluding carboxylic acids is 2. The fourth-order valence-corrected chi connectivity index (χ4v) is 5.18. The Morgan fingerprint density at radius 1 is 1.09 bits per heavy atom. The first-order valence-corrected chi connectivity index (χ1v) is 12.3. The molecule has 0 spiro atoms. The number of rotatable bonds is 6. The summed E-state index contributed by atoms with van der Waals surface area (Å²) in [5.41, 5.74) is 4.47. The average Bonchev–Trinajstić information content (AvgIpc) is 3.30. The molecule has 1 unspecified atom stereocenters. The molecule has 1 atom stereocenters. The Kier molecular flexibility index (Phi) is 7.09. The predicted molar refractivity (Wildman–Crippen MR) is 135 cm³/mol. The largest absolute Gasteiger partial charge is 0.330 e. The van der Waals surface area contributed by atoms with E-state index >= 15 is 0 Å². The fourth-order valence-electron chi connectivity index (χ4n) is 4.27. The maximum absolute atomic E-state index is 13.6. The van der Waals surface area contributed by atoms with Gasteiger partial charge in [0.15, 0.2) is 0 Å². The normalized spacial score (nSPS) is 15.6. The lowest BCUT2D eigenvalue weighted by molar-refractivity contribution is -0.140. The van der Waals surface area contributed by atoms with E-state index in [0.29, 0.717) is 6.54 Å². The van der Waals surface area contributed by atoms with Crippen LogP contribution < -0.4 is 0 Å². The van der Waals surface area contributed by atoms with Crippen LogP contribution in [-0.4, -0.2) is 40.7 Å². The number of hydrogen-bond acceptors (Lipinski definition) is 3. The van der Waals surface area contributed by atoms with Crippen molar-refractivity contribution in [1.29, 1.82) is 0 Å². The first kappa shape index (κ1) is 23.0. The van der Waals surface area contributed by atoms with Gasteiger partial charge in [-0.05, 0) is 61.4 Å². The highest BCUT2D eigenvalue weighted by atomic mass is 32.1. The number of nitrogens with zero attached hydrogens (tertiary/aromatic N) is 2. The van der Waals surface area contributed by atoms with Crippen molar-refractivity contribution in [1.82, 2.24) is 9.80 Å². The molecule has 0 saturated carbocycles. The molecule has 0 aliphatic carbocycles. The van der Waals surface area contributed by atoms with Gasteiger partial charge in [0.25, 0.3) is 0 Å². The summed E-state index contributed by atoms with van der Waals surface area (Å²) in [6.07, 6.45) is 4.22. The van der Waals surface area contributed by atoms with Crippen molar-refractivity contribution >= 4 is 29.2 Å². The van der Waals surface area contributed by atoms with Crippen molar-refractivity contribution in [3.05, 3.63) is 99.3 Å². The topological polar surface area (TPSA) is 40.6 Å². The molecule has 2 heterocycles. The Balaban J connectivity index is 1.56. The molecule has 0 saturated heterocycles. The molecule has 5 heteroatoms. The zero-order valence-electron chi connectivity index (χ0n) is 19.4. The Bertz CT molecular complexity index is 1130. The van der Waals surface area contributed by atoms with Crippen molar-refractivity contribution in [3.63, 3.8) is 0 Å². The van der Waals surface area contributed by atoms with E-state index in [4.69, 9.17) is 0 Å². The first-order valence-electron chi connectivity index (χ1n) is 11.4. The summed E-state index contributed by atoms with van der Waals surface area (Å²) in [4.78, 5) is 31.5. The zero-order chi connectivity index (χ0) is 23.4. The van der Waals surface area contributed by atoms with Crippen LogP contribution >= 0.6 is 11.3 Å². The minimum atomic E-state index is -0.151. The molecule has 0 radical (unpaired) electrons. The molecule has 4 rings (SSSR count). The van der Waals surface area contributed by atoms with Gasteiger partial charge < -0.3 is 9.80 Å². The minimum absolute atomic E-state index is 0.0208. The maximum Gasteiger partial charge on any atom is 0.247 e. The average molecular weight is 459 g/mol. The quantitative estimate of drug-likeness (QED) is 0.459. The van der Waals surface area contributed by atoms with E-state index in [-0.39, 0.29) is 30.4 Å². The van der Waals surface area contributed by atoms with Gasteiger partial charge in [-0.2, -0.15) is 0 Å². The second-order valence-corrected chi connectivity index (χ2v) is 9.75. The molecule has 1 aromatic heterocycles. The standard InChI is InChI=1S/C28H30N2O2S/c1-20(2)30(26(31)14-11-22-7-5-4-6-8-22)19-27(32)29-17-15-25-24(16-18-33-25)28(29)23-12-9-21(3)10-13-23/h4-14,16,18,20,28H,15,17,19H2,1-3H3. The minimum Gasteiger partial charge on any atom is -0.330 e. The second-order valence-electron chi connectivity index (χ2n) is 8.75. The van der Waals surface area contributed by atoms with Crippen molar-refractivity contribution in [2.75, 3.05) is 13.1 Å². The summed E-state index contributed by atoms with van der Waals surface area (Å²) in [5, 5.41) is 2.11. The van der Waals surface area contributed by atoms with E-state index in [1.807, 2.05) is 49.1 Å². The van der Waals surface area contributed by atoms with E-state index in [1.165, 1.54) is 16.0 Å². The summed E-state index contributed by atoms with van der Waals surface area (Å²) in [6.45, 7) is 6.69. The van der Waals surface area contributed by atoms with Crippen LogP contribution in [-0.2, 0) is 16.0 Å². The Hall–Kier alpha value is -3.18. The molecule has 4 nitrogen and oxygen atoms in total. The highest BCUT2D eigenvalue weighted by molar-refractivity contribution is 7.10. The smallest absolute Gasteiger partial charge is 0.247 e. The molecule has 170 valence electrons. The Morgan fingerprint density at radius 2 is 1.82 bits per heavy atom. The van der Waals surface area contributed by atoms with E-state index in [9.17, 15) is 9.59 Å². The number of amides is 2. The van der Waals surface area contributed by atoms with Crippen molar-refractivity contribution in [2.45, 2.75) is 39.3 Å². The number of carbonyl (C=O) groups is 2. The summed E-state index contributed by atoms with van der Waals surface area (Å²) in [6, 6.07) is 20.1. The van der Waals surface area contributed by atoms with Crippen molar-refractivity contribution < 1.29 is 9.59 Å². The van der Waals surface area contributed by atoms with E-state index < -0.39 is 0 Å². The zero-order valence-corrected chi connectivity index (χ0v) is 20.2. The molecule has 2 amide bonds. The monoisotopic (exact) mass is 458 g/mol.